The van der Waals surface area contributed by atoms with Gasteiger partial charge in [0.2, 0.25) is 0 Å². The number of aromatic nitrogens is 3. The average molecular weight is 468 g/mol. The van der Waals surface area contributed by atoms with Crippen LogP contribution in [0.25, 0.3) is 0 Å². The third kappa shape index (κ3) is 6.65. The second kappa shape index (κ2) is 10.3. The molecular weight excluding hydrogens is 450 g/mol. The van der Waals surface area contributed by atoms with Gasteiger partial charge >= 0.3 is 0 Å². The number of halogens is 1. The summed E-state index contributed by atoms with van der Waals surface area (Å²) in [5.74, 6) is 0.731. The number of carbonyl (C=O) groups is 1. The van der Waals surface area contributed by atoms with E-state index >= 15 is 0 Å². The summed E-state index contributed by atoms with van der Waals surface area (Å²) >= 11 is 7.23. The molecule has 0 radical (unpaired) electrons. The Labute approximate surface area is 182 Å². The van der Waals surface area contributed by atoms with Gasteiger partial charge in [-0.3, -0.25) is 14.6 Å². The summed E-state index contributed by atoms with van der Waals surface area (Å²) in [6.07, 6.45) is 1.42. The summed E-state index contributed by atoms with van der Waals surface area (Å²) in [5.41, 5.74) is 0.401. The lowest BCUT2D eigenvalue weighted by molar-refractivity contribution is -0.122. The van der Waals surface area contributed by atoms with Gasteiger partial charge in [-0.25, -0.2) is 13.4 Å². The molecule has 2 aromatic carbocycles. The Morgan fingerprint density at radius 3 is 2.53 bits per heavy atom. The highest BCUT2D eigenvalue weighted by Gasteiger charge is 2.14. The van der Waals surface area contributed by atoms with Gasteiger partial charge in [-0.2, -0.15) is 5.10 Å². The van der Waals surface area contributed by atoms with Crippen molar-refractivity contribution >= 4 is 45.0 Å². The molecule has 0 bridgehead atoms. The molecule has 0 fully saturated rings. The van der Waals surface area contributed by atoms with Crippen LogP contribution >= 0.6 is 23.4 Å². The summed E-state index contributed by atoms with van der Waals surface area (Å²) in [6.45, 7) is 0.267. The first kappa shape index (κ1) is 21.9. The molecule has 0 spiro atoms. The number of nitrogens with zero attached hydrogens (tertiary/aromatic N) is 2. The largest absolute Gasteiger partial charge is 0.484 e. The van der Waals surface area contributed by atoms with E-state index in [1.165, 1.54) is 42.4 Å². The molecular formula is C18H18ClN5O4S2. The molecule has 0 saturated heterocycles. The van der Waals surface area contributed by atoms with Gasteiger partial charge in [0.15, 0.2) is 11.8 Å². The van der Waals surface area contributed by atoms with Gasteiger partial charge in [-0.1, -0.05) is 23.4 Å². The van der Waals surface area contributed by atoms with Gasteiger partial charge in [0, 0.05) is 23.0 Å². The van der Waals surface area contributed by atoms with Gasteiger partial charge in [-0.15, -0.1) is 0 Å². The zero-order valence-corrected chi connectivity index (χ0v) is 17.9. The average Bonchev–Trinajstić information content (AvgIpc) is 3.25. The molecule has 3 N–H and O–H groups in total. The highest BCUT2D eigenvalue weighted by Crippen LogP contribution is 2.20. The molecule has 0 aliphatic carbocycles. The normalized spacial score (nSPS) is 11.1. The molecule has 1 amide bonds. The monoisotopic (exact) mass is 467 g/mol. The Morgan fingerprint density at radius 2 is 1.87 bits per heavy atom. The summed E-state index contributed by atoms with van der Waals surface area (Å²) in [6, 6.07) is 12.1. The smallest absolute Gasteiger partial charge is 0.261 e. The number of rotatable bonds is 10. The number of ether oxygens (including phenoxy) is 1. The molecule has 0 aliphatic rings. The number of thioether (sulfide) groups is 1. The lowest BCUT2D eigenvalue weighted by atomic mass is 10.3. The summed E-state index contributed by atoms with van der Waals surface area (Å²) in [5, 5.41) is 10.4. The van der Waals surface area contributed by atoms with Gasteiger partial charge in [0.25, 0.3) is 15.9 Å². The Hall–Kier alpha value is -2.76. The molecule has 0 aliphatic heterocycles. The standard InChI is InChI=1S/C18H18ClN5O4S2/c19-13-1-3-14(4-2-13)24-30(26,27)16-7-5-15(6-8-16)28-11-17(25)20-9-10-29-18-21-12-22-23-18/h1-8,12,24H,9-11H2,(H,20,25)(H,21,22,23). The van der Waals surface area contributed by atoms with Crippen LogP contribution in [0.3, 0.4) is 0 Å². The van der Waals surface area contributed by atoms with E-state index < -0.39 is 10.0 Å². The SMILES string of the molecule is O=C(COc1ccc(S(=O)(=O)Nc2ccc(Cl)cc2)cc1)NCCSc1ncn[nH]1. The van der Waals surface area contributed by atoms with Crippen LogP contribution < -0.4 is 14.8 Å². The fraction of sp³-hybridized carbons (Fsp3) is 0.167. The molecule has 1 heterocycles. The maximum absolute atomic E-state index is 12.4. The maximum atomic E-state index is 12.4. The van der Waals surface area contributed by atoms with Crippen LogP contribution in [0.2, 0.25) is 5.02 Å². The van der Waals surface area contributed by atoms with Gasteiger partial charge < -0.3 is 10.1 Å². The zero-order chi connectivity index (χ0) is 21.4. The van der Waals surface area contributed by atoms with Crippen LogP contribution in [0.15, 0.2) is 64.9 Å². The van der Waals surface area contributed by atoms with E-state index in [9.17, 15) is 13.2 Å². The minimum Gasteiger partial charge on any atom is -0.484 e. The number of nitrogens with one attached hydrogen (secondary N) is 3. The second-order valence-electron chi connectivity index (χ2n) is 5.86. The first-order chi connectivity index (χ1) is 14.4. The number of hydrogen-bond acceptors (Lipinski definition) is 7. The maximum Gasteiger partial charge on any atom is 0.261 e. The van der Waals surface area contributed by atoms with Gasteiger partial charge in [0.05, 0.1) is 4.90 Å². The van der Waals surface area contributed by atoms with E-state index in [-0.39, 0.29) is 17.4 Å². The molecule has 0 atom stereocenters. The molecule has 9 nitrogen and oxygen atoms in total. The molecule has 30 heavy (non-hydrogen) atoms. The van der Waals surface area contributed by atoms with Crippen molar-refractivity contribution in [3.05, 3.63) is 59.9 Å². The van der Waals surface area contributed by atoms with Crippen molar-refractivity contribution in [3.8, 4) is 5.75 Å². The highest BCUT2D eigenvalue weighted by atomic mass is 35.5. The van der Waals surface area contributed by atoms with Crippen LogP contribution in [0.4, 0.5) is 5.69 Å². The van der Waals surface area contributed by atoms with Crippen molar-refractivity contribution in [1.82, 2.24) is 20.5 Å². The number of anilines is 1. The predicted octanol–water partition coefficient (Wildman–Crippen LogP) is 2.55. The third-order valence-corrected chi connectivity index (χ3v) is 6.18. The van der Waals surface area contributed by atoms with Crippen LogP contribution in [-0.4, -0.2) is 48.4 Å². The van der Waals surface area contributed by atoms with E-state index in [0.29, 0.717) is 33.9 Å². The van der Waals surface area contributed by atoms with E-state index in [0.717, 1.165) is 0 Å². The summed E-state index contributed by atoms with van der Waals surface area (Å²) in [4.78, 5) is 15.9. The first-order valence-corrected chi connectivity index (χ1v) is 11.5. The third-order valence-electron chi connectivity index (χ3n) is 3.66. The minimum atomic E-state index is -3.75. The number of hydrogen-bond donors (Lipinski definition) is 3. The van der Waals surface area contributed by atoms with E-state index in [1.54, 1.807) is 24.3 Å². The number of H-pyrrole nitrogens is 1. The van der Waals surface area contributed by atoms with Crippen LogP contribution in [0.5, 0.6) is 5.75 Å². The quantitative estimate of drug-likeness (QED) is 0.309. The molecule has 0 unspecified atom stereocenters. The van der Waals surface area contributed by atoms with Crippen molar-refractivity contribution < 1.29 is 17.9 Å². The fourth-order valence-electron chi connectivity index (χ4n) is 2.25. The highest BCUT2D eigenvalue weighted by molar-refractivity contribution is 7.99. The van der Waals surface area contributed by atoms with Crippen LogP contribution in [-0.2, 0) is 14.8 Å². The van der Waals surface area contributed by atoms with Crippen molar-refractivity contribution in [2.24, 2.45) is 0 Å². The number of amides is 1. The van der Waals surface area contributed by atoms with E-state index in [4.69, 9.17) is 16.3 Å². The molecule has 3 aromatic rings. The minimum absolute atomic E-state index is 0.0682. The number of carbonyl (C=O) groups excluding carboxylic acids is 1. The lowest BCUT2D eigenvalue weighted by Gasteiger charge is -2.10. The predicted molar refractivity (Wildman–Crippen MR) is 114 cm³/mol. The number of benzene rings is 2. The van der Waals surface area contributed by atoms with Crippen LogP contribution in [0, 0.1) is 0 Å². The Bertz CT molecular complexity index is 1060. The molecule has 3 rings (SSSR count). The van der Waals surface area contributed by atoms with Crippen molar-refractivity contribution in [1.29, 1.82) is 0 Å². The van der Waals surface area contributed by atoms with E-state index in [1.807, 2.05) is 0 Å². The Balaban J connectivity index is 1.44. The fourth-order valence-corrected chi connectivity index (χ4v) is 4.07. The van der Waals surface area contributed by atoms with Gasteiger partial charge in [0.1, 0.15) is 12.1 Å². The second-order valence-corrected chi connectivity index (χ2v) is 9.06. The molecule has 158 valence electrons. The van der Waals surface area contributed by atoms with Gasteiger partial charge in [-0.05, 0) is 48.5 Å². The number of aromatic amines is 1. The van der Waals surface area contributed by atoms with E-state index in [2.05, 4.69) is 25.2 Å². The Kier molecular flexibility index (Phi) is 7.55. The van der Waals surface area contributed by atoms with Crippen molar-refractivity contribution in [3.63, 3.8) is 0 Å². The molecule has 1 aromatic heterocycles. The summed E-state index contributed by atoms with van der Waals surface area (Å²) in [7, 11) is -3.75. The Morgan fingerprint density at radius 1 is 1.13 bits per heavy atom. The lowest BCUT2D eigenvalue weighted by Crippen LogP contribution is -2.30. The molecule has 0 saturated carbocycles. The zero-order valence-electron chi connectivity index (χ0n) is 15.5. The summed E-state index contributed by atoms with van der Waals surface area (Å²) < 4.78 is 32.7. The molecule has 12 heteroatoms. The van der Waals surface area contributed by atoms with Crippen molar-refractivity contribution in [2.75, 3.05) is 23.6 Å². The first-order valence-electron chi connectivity index (χ1n) is 8.68. The van der Waals surface area contributed by atoms with Crippen LogP contribution in [0.1, 0.15) is 0 Å². The van der Waals surface area contributed by atoms with Crippen molar-refractivity contribution in [2.45, 2.75) is 10.1 Å². The number of sulfonamides is 1. The topological polar surface area (TPSA) is 126 Å².